The fourth-order valence-corrected chi connectivity index (χ4v) is 1.99. The Labute approximate surface area is 117 Å². The highest BCUT2D eigenvalue weighted by Gasteiger charge is 2.15. The molecule has 0 saturated heterocycles. The standard InChI is InChI=1S/C15H17N3O2/c1-9-8-13(14(15(16)19)10(2)18-9)20-12-6-4-11(17-3)5-7-12/h4-8,17H,1-3H3,(H2,16,19). The van der Waals surface area contributed by atoms with Crippen LogP contribution in [0, 0.1) is 13.8 Å². The number of aryl methyl sites for hydroxylation is 2. The third kappa shape index (κ3) is 2.88. The zero-order valence-electron chi connectivity index (χ0n) is 11.7. The summed E-state index contributed by atoms with van der Waals surface area (Å²) < 4.78 is 5.76. The van der Waals surface area contributed by atoms with Crippen molar-refractivity contribution in [1.82, 2.24) is 4.98 Å². The van der Waals surface area contributed by atoms with E-state index >= 15 is 0 Å². The van der Waals surface area contributed by atoms with E-state index in [0.29, 0.717) is 22.8 Å². The van der Waals surface area contributed by atoms with E-state index in [2.05, 4.69) is 10.3 Å². The number of benzene rings is 1. The van der Waals surface area contributed by atoms with Crippen LogP contribution in [0.1, 0.15) is 21.7 Å². The molecule has 0 bridgehead atoms. The fraction of sp³-hybridized carbons (Fsp3) is 0.200. The summed E-state index contributed by atoms with van der Waals surface area (Å²) in [4.78, 5) is 15.8. The van der Waals surface area contributed by atoms with Gasteiger partial charge in [-0.3, -0.25) is 9.78 Å². The maximum Gasteiger partial charge on any atom is 0.254 e. The van der Waals surface area contributed by atoms with Crippen LogP contribution < -0.4 is 15.8 Å². The number of carbonyl (C=O) groups is 1. The van der Waals surface area contributed by atoms with Gasteiger partial charge < -0.3 is 15.8 Å². The van der Waals surface area contributed by atoms with Gasteiger partial charge in [0.2, 0.25) is 0 Å². The van der Waals surface area contributed by atoms with Crippen molar-refractivity contribution < 1.29 is 9.53 Å². The van der Waals surface area contributed by atoms with Gasteiger partial charge >= 0.3 is 0 Å². The number of nitrogens with one attached hydrogen (secondary N) is 1. The van der Waals surface area contributed by atoms with E-state index in [1.165, 1.54) is 0 Å². The van der Waals surface area contributed by atoms with Gasteiger partial charge in [0, 0.05) is 24.5 Å². The molecule has 1 aromatic heterocycles. The Morgan fingerprint density at radius 2 is 1.90 bits per heavy atom. The van der Waals surface area contributed by atoms with Gasteiger partial charge in [0.1, 0.15) is 17.1 Å². The van der Waals surface area contributed by atoms with E-state index in [1.807, 2.05) is 38.2 Å². The third-order valence-corrected chi connectivity index (χ3v) is 2.91. The summed E-state index contributed by atoms with van der Waals surface area (Å²) in [6.45, 7) is 3.58. The van der Waals surface area contributed by atoms with Crippen LogP contribution in [0.4, 0.5) is 5.69 Å². The van der Waals surface area contributed by atoms with Gasteiger partial charge in [-0.25, -0.2) is 0 Å². The maximum atomic E-state index is 11.5. The first kappa shape index (κ1) is 13.9. The molecule has 1 heterocycles. The van der Waals surface area contributed by atoms with Gasteiger partial charge in [-0.1, -0.05) is 0 Å². The molecular formula is C15H17N3O2. The zero-order chi connectivity index (χ0) is 14.7. The molecule has 0 aliphatic rings. The molecule has 0 aliphatic heterocycles. The lowest BCUT2D eigenvalue weighted by molar-refractivity contribution is 0.0997. The van der Waals surface area contributed by atoms with Crippen LogP contribution in [0.5, 0.6) is 11.5 Å². The Morgan fingerprint density at radius 1 is 1.25 bits per heavy atom. The lowest BCUT2D eigenvalue weighted by Crippen LogP contribution is -2.15. The summed E-state index contributed by atoms with van der Waals surface area (Å²) in [6.07, 6.45) is 0. The summed E-state index contributed by atoms with van der Waals surface area (Å²) >= 11 is 0. The van der Waals surface area contributed by atoms with Crippen LogP contribution in [0.25, 0.3) is 0 Å². The first-order valence-electron chi connectivity index (χ1n) is 6.25. The molecule has 0 unspecified atom stereocenters. The second kappa shape index (κ2) is 5.61. The van der Waals surface area contributed by atoms with Gasteiger partial charge in [0.25, 0.3) is 5.91 Å². The molecule has 0 spiro atoms. The van der Waals surface area contributed by atoms with E-state index < -0.39 is 5.91 Å². The third-order valence-electron chi connectivity index (χ3n) is 2.91. The summed E-state index contributed by atoms with van der Waals surface area (Å²) in [7, 11) is 1.84. The molecule has 2 aromatic rings. The van der Waals surface area contributed by atoms with Crippen LogP contribution in [-0.4, -0.2) is 17.9 Å². The van der Waals surface area contributed by atoms with E-state index in [1.54, 1.807) is 13.0 Å². The number of primary amides is 1. The van der Waals surface area contributed by atoms with E-state index in [9.17, 15) is 4.79 Å². The maximum absolute atomic E-state index is 11.5. The molecule has 5 nitrogen and oxygen atoms in total. The Hall–Kier alpha value is -2.56. The molecule has 104 valence electrons. The number of aromatic nitrogens is 1. The van der Waals surface area contributed by atoms with Crippen LogP contribution in [-0.2, 0) is 0 Å². The molecule has 5 heteroatoms. The molecule has 3 N–H and O–H groups in total. The summed E-state index contributed by atoms with van der Waals surface area (Å²) in [6, 6.07) is 9.13. The topological polar surface area (TPSA) is 77.2 Å². The minimum atomic E-state index is -0.545. The fourth-order valence-electron chi connectivity index (χ4n) is 1.99. The summed E-state index contributed by atoms with van der Waals surface area (Å²) in [5.74, 6) is 0.521. The molecule has 0 aliphatic carbocycles. The van der Waals surface area contributed by atoms with Crippen LogP contribution in [0.3, 0.4) is 0 Å². The quantitative estimate of drug-likeness (QED) is 0.896. The number of hydrogen-bond acceptors (Lipinski definition) is 4. The first-order valence-corrected chi connectivity index (χ1v) is 6.25. The second-order valence-electron chi connectivity index (χ2n) is 4.46. The second-order valence-corrected chi connectivity index (χ2v) is 4.46. The first-order chi connectivity index (χ1) is 9.51. The highest BCUT2D eigenvalue weighted by molar-refractivity contribution is 5.96. The Balaban J connectivity index is 2.39. The van der Waals surface area contributed by atoms with Crippen molar-refractivity contribution in [2.24, 2.45) is 5.73 Å². The Bertz CT molecular complexity index is 636. The lowest BCUT2D eigenvalue weighted by atomic mass is 10.1. The van der Waals surface area contributed by atoms with Crippen LogP contribution in [0.15, 0.2) is 30.3 Å². The van der Waals surface area contributed by atoms with Gasteiger partial charge in [-0.15, -0.1) is 0 Å². The highest BCUT2D eigenvalue weighted by Crippen LogP contribution is 2.28. The molecular weight excluding hydrogens is 254 g/mol. The highest BCUT2D eigenvalue weighted by atomic mass is 16.5. The minimum absolute atomic E-state index is 0.313. The number of ether oxygens (including phenoxy) is 1. The number of rotatable bonds is 4. The van der Waals surface area contributed by atoms with Crippen LogP contribution >= 0.6 is 0 Å². The smallest absolute Gasteiger partial charge is 0.254 e. The Kier molecular flexibility index (Phi) is 3.89. The SMILES string of the molecule is CNc1ccc(Oc2cc(C)nc(C)c2C(N)=O)cc1. The molecule has 0 fully saturated rings. The largest absolute Gasteiger partial charge is 0.456 e. The molecule has 0 atom stereocenters. The lowest BCUT2D eigenvalue weighted by Gasteiger charge is -2.12. The molecule has 0 saturated carbocycles. The van der Waals surface area contributed by atoms with E-state index in [4.69, 9.17) is 10.5 Å². The molecule has 1 amide bonds. The monoisotopic (exact) mass is 271 g/mol. The van der Waals surface area contributed by atoms with E-state index in [0.717, 1.165) is 11.4 Å². The van der Waals surface area contributed by atoms with Gasteiger partial charge in [-0.2, -0.15) is 0 Å². The zero-order valence-corrected chi connectivity index (χ0v) is 11.7. The number of anilines is 1. The molecule has 1 aromatic carbocycles. The summed E-state index contributed by atoms with van der Waals surface area (Å²) in [5.41, 5.74) is 8.03. The number of amides is 1. The van der Waals surface area contributed by atoms with Crippen LogP contribution in [0.2, 0.25) is 0 Å². The number of carbonyl (C=O) groups excluding carboxylic acids is 1. The average Bonchev–Trinajstić information content (AvgIpc) is 2.38. The van der Waals surface area contributed by atoms with Crippen molar-refractivity contribution in [3.05, 3.63) is 47.3 Å². The van der Waals surface area contributed by atoms with E-state index in [-0.39, 0.29) is 0 Å². The molecule has 0 radical (unpaired) electrons. The van der Waals surface area contributed by atoms with Gasteiger partial charge in [-0.05, 0) is 38.1 Å². The molecule has 20 heavy (non-hydrogen) atoms. The normalized spacial score (nSPS) is 10.2. The van der Waals surface area contributed by atoms with Gasteiger partial charge in [0.05, 0.1) is 5.69 Å². The average molecular weight is 271 g/mol. The predicted molar refractivity (Wildman–Crippen MR) is 78.3 cm³/mol. The predicted octanol–water partition coefficient (Wildman–Crippen LogP) is 2.63. The number of nitrogens with two attached hydrogens (primary N) is 1. The van der Waals surface area contributed by atoms with Crippen molar-refractivity contribution in [1.29, 1.82) is 0 Å². The minimum Gasteiger partial charge on any atom is -0.456 e. The van der Waals surface area contributed by atoms with Crippen molar-refractivity contribution in [2.45, 2.75) is 13.8 Å². The number of nitrogens with zero attached hydrogens (tertiary/aromatic N) is 1. The van der Waals surface area contributed by atoms with Gasteiger partial charge in [0.15, 0.2) is 0 Å². The van der Waals surface area contributed by atoms with Crippen molar-refractivity contribution in [3.63, 3.8) is 0 Å². The van der Waals surface area contributed by atoms with Crippen molar-refractivity contribution >= 4 is 11.6 Å². The molecule has 2 rings (SSSR count). The number of hydrogen-bond donors (Lipinski definition) is 2. The van der Waals surface area contributed by atoms with Crippen molar-refractivity contribution in [3.8, 4) is 11.5 Å². The number of pyridine rings is 1. The summed E-state index contributed by atoms with van der Waals surface area (Å²) in [5, 5.41) is 3.03. The Morgan fingerprint density at radius 3 is 2.45 bits per heavy atom. The van der Waals surface area contributed by atoms with Crippen molar-refractivity contribution in [2.75, 3.05) is 12.4 Å².